The Labute approximate surface area is 138 Å². The standard InChI is InChI=1S/C14H12BrClFN3S/c1-2-11(14-18-3-4-21-14)20-12-6-9(17)8(15)5-10(12)19-13(20)7-16/h3-6,11H,2,7H2,1H3. The Hall–Kier alpha value is -0.980. The molecule has 0 spiro atoms. The second-order valence-electron chi connectivity index (χ2n) is 4.58. The number of hydrogen-bond donors (Lipinski definition) is 0. The number of benzene rings is 1. The number of thiazole rings is 1. The summed E-state index contributed by atoms with van der Waals surface area (Å²) in [6, 6.07) is 3.20. The van der Waals surface area contributed by atoms with E-state index in [9.17, 15) is 4.39 Å². The number of fused-ring (bicyclic) bond motifs is 1. The van der Waals surface area contributed by atoms with Crippen LogP contribution < -0.4 is 0 Å². The summed E-state index contributed by atoms with van der Waals surface area (Å²) >= 11 is 10.8. The second-order valence-corrected chi connectivity index (χ2v) is 6.63. The van der Waals surface area contributed by atoms with Crippen LogP contribution in [0.4, 0.5) is 4.39 Å². The lowest BCUT2D eigenvalue weighted by atomic mass is 10.2. The number of nitrogens with zero attached hydrogens (tertiary/aromatic N) is 3. The van der Waals surface area contributed by atoms with Crippen LogP contribution in [0.25, 0.3) is 11.0 Å². The van der Waals surface area contributed by atoms with Gasteiger partial charge in [-0.2, -0.15) is 0 Å². The van der Waals surface area contributed by atoms with Crippen molar-refractivity contribution in [3.8, 4) is 0 Å². The van der Waals surface area contributed by atoms with Crippen LogP contribution in [0, 0.1) is 5.82 Å². The number of rotatable bonds is 4. The van der Waals surface area contributed by atoms with Crippen molar-refractivity contribution in [3.05, 3.63) is 44.8 Å². The maximum atomic E-state index is 13.9. The lowest BCUT2D eigenvalue weighted by Gasteiger charge is -2.17. The predicted molar refractivity (Wildman–Crippen MR) is 87.5 cm³/mol. The van der Waals surface area contributed by atoms with Crippen LogP contribution in [0.3, 0.4) is 0 Å². The van der Waals surface area contributed by atoms with Gasteiger partial charge in [-0.05, 0) is 28.4 Å². The fourth-order valence-corrected chi connectivity index (χ4v) is 3.78. The number of hydrogen-bond acceptors (Lipinski definition) is 3. The maximum absolute atomic E-state index is 13.9. The van der Waals surface area contributed by atoms with E-state index in [1.54, 1.807) is 23.6 Å². The minimum absolute atomic E-state index is 0.0179. The summed E-state index contributed by atoms with van der Waals surface area (Å²) in [5, 5.41) is 2.92. The van der Waals surface area contributed by atoms with Gasteiger partial charge in [0.25, 0.3) is 0 Å². The van der Waals surface area contributed by atoms with E-state index in [2.05, 4.69) is 32.8 Å². The van der Waals surface area contributed by atoms with Gasteiger partial charge < -0.3 is 4.57 Å². The molecule has 3 aromatic rings. The average Bonchev–Trinajstić information content (AvgIpc) is 3.10. The van der Waals surface area contributed by atoms with Crippen molar-refractivity contribution in [3.63, 3.8) is 0 Å². The summed E-state index contributed by atoms with van der Waals surface area (Å²) < 4.78 is 16.3. The number of imidazole rings is 1. The van der Waals surface area contributed by atoms with Crippen LogP contribution in [-0.4, -0.2) is 14.5 Å². The van der Waals surface area contributed by atoms with E-state index in [-0.39, 0.29) is 17.7 Å². The molecule has 3 rings (SSSR count). The summed E-state index contributed by atoms with van der Waals surface area (Å²) in [5.74, 6) is 0.695. The lowest BCUT2D eigenvalue weighted by Crippen LogP contribution is -2.12. The Kier molecular flexibility index (Phi) is 4.28. The van der Waals surface area contributed by atoms with Crippen molar-refractivity contribution < 1.29 is 4.39 Å². The minimum atomic E-state index is -0.307. The zero-order valence-electron chi connectivity index (χ0n) is 11.2. The lowest BCUT2D eigenvalue weighted by molar-refractivity contribution is 0.559. The molecule has 0 N–H and O–H groups in total. The summed E-state index contributed by atoms with van der Waals surface area (Å²) in [4.78, 5) is 8.91. The van der Waals surface area contributed by atoms with Crippen molar-refractivity contribution in [2.24, 2.45) is 0 Å². The Bertz CT molecular complexity index is 772. The van der Waals surface area contributed by atoms with E-state index >= 15 is 0 Å². The fraction of sp³-hybridized carbons (Fsp3) is 0.286. The van der Waals surface area contributed by atoms with Crippen LogP contribution in [0.1, 0.15) is 30.2 Å². The number of halogens is 3. The van der Waals surface area contributed by atoms with Gasteiger partial charge in [-0.3, -0.25) is 0 Å². The molecule has 0 amide bonds. The molecule has 0 bridgehead atoms. The molecular weight excluding hydrogens is 377 g/mol. The van der Waals surface area contributed by atoms with Crippen LogP contribution in [0.2, 0.25) is 0 Å². The van der Waals surface area contributed by atoms with E-state index < -0.39 is 0 Å². The topological polar surface area (TPSA) is 30.7 Å². The first-order chi connectivity index (χ1) is 10.2. The molecule has 2 heterocycles. The quantitative estimate of drug-likeness (QED) is 0.580. The Morgan fingerprint density at radius 3 is 2.90 bits per heavy atom. The summed E-state index contributed by atoms with van der Waals surface area (Å²) in [7, 11) is 0. The molecule has 21 heavy (non-hydrogen) atoms. The van der Waals surface area contributed by atoms with Gasteiger partial charge in [0.2, 0.25) is 0 Å². The van der Waals surface area contributed by atoms with Crippen molar-refractivity contribution in [1.29, 1.82) is 0 Å². The molecule has 2 aromatic heterocycles. The van der Waals surface area contributed by atoms with Gasteiger partial charge in [0.05, 0.1) is 27.4 Å². The molecule has 1 aromatic carbocycles. The molecule has 0 fully saturated rings. The molecule has 1 unspecified atom stereocenters. The van der Waals surface area contributed by atoms with E-state index in [0.717, 1.165) is 28.3 Å². The molecule has 0 aliphatic rings. The minimum Gasteiger partial charge on any atom is -0.317 e. The van der Waals surface area contributed by atoms with Gasteiger partial charge in [-0.15, -0.1) is 22.9 Å². The smallest absolute Gasteiger partial charge is 0.139 e. The first-order valence-electron chi connectivity index (χ1n) is 6.47. The highest BCUT2D eigenvalue weighted by Crippen LogP contribution is 2.32. The van der Waals surface area contributed by atoms with Gasteiger partial charge in [0.1, 0.15) is 16.6 Å². The molecule has 0 aliphatic carbocycles. The number of aromatic nitrogens is 3. The fourth-order valence-electron chi connectivity index (χ4n) is 2.45. The molecular formula is C14H12BrClFN3S. The first kappa shape index (κ1) is 14.9. The first-order valence-corrected chi connectivity index (χ1v) is 8.67. The Morgan fingerprint density at radius 2 is 2.29 bits per heavy atom. The zero-order valence-corrected chi connectivity index (χ0v) is 14.3. The average molecular weight is 389 g/mol. The second kappa shape index (κ2) is 6.02. The third-order valence-corrected chi connectivity index (χ3v) is 5.08. The predicted octanol–water partition coefficient (Wildman–Crippen LogP) is 5.13. The molecule has 0 saturated heterocycles. The van der Waals surface area contributed by atoms with Gasteiger partial charge in [0, 0.05) is 17.6 Å². The van der Waals surface area contributed by atoms with Crippen molar-refractivity contribution in [2.75, 3.05) is 0 Å². The summed E-state index contributed by atoms with van der Waals surface area (Å²) in [6.07, 6.45) is 2.61. The Morgan fingerprint density at radius 1 is 1.48 bits per heavy atom. The molecule has 3 nitrogen and oxygen atoms in total. The molecule has 0 aliphatic heterocycles. The molecule has 7 heteroatoms. The van der Waals surface area contributed by atoms with Gasteiger partial charge in [0.15, 0.2) is 0 Å². The highest BCUT2D eigenvalue weighted by atomic mass is 79.9. The molecule has 110 valence electrons. The van der Waals surface area contributed by atoms with E-state index in [1.165, 1.54) is 6.07 Å². The Balaban J connectivity index is 2.26. The third-order valence-electron chi connectivity index (χ3n) is 3.36. The maximum Gasteiger partial charge on any atom is 0.139 e. The van der Waals surface area contributed by atoms with Gasteiger partial charge >= 0.3 is 0 Å². The van der Waals surface area contributed by atoms with Crippen LogP contribution in [0.5, 0.6) is 0 Å². The zero-order chi connectivity index (χ0) is 15.0. The summed E-state index contributed by atoms with van der Waals surface area (Å²) in [6.45, 7) is 2.07. The van der Waals surface area contributed by atoms with Crippen LogP contribution in [0.15, 0.2) is 28.2 Å². The van der Waals surface area contributed by atoms with Gasteiger partial charge in [-0.1, -0.05) is 6.92 Å². The largest absolute Gasteiger partial charge is 0.317 e. The molecule has 0 radical (unpaired) electrons. The third kappa shape index (κ3) is 2.60. The van der Waals surface area contributed by atoms with Crippen molar-refractivity contribution in [1.82, 2.24) is 14.5 Å². The van der Waals surface area contributed by atoms with Crippen molar-refractivity contribution >= 4 is 49.9 Å². The highest BCUT2D eigenvalue weighted by molar-refractivity contribution is 9.10. The highest BCUT2D eigenvalue weighted by Gasteiger charge is 2.22. The van der Waals surface area contributed by atoms with E-state index in [0.29, 0.717) is 4.47 Å². The van der Waals surface area contributed by atoms with Crippen LogP contribution in [-0.2, 0) is 5.88 Å². The molecule has 1 atom stereocenters. The summed E-state index contributed by atoms with van der Waals surface area (Å²) in [5.41, 5.74) is 1.47. The SMILES string of the molecule is CCC(c1nccs1)n1c(CCl)nc2cc(Br)c(F)cc21. The van der Waals surface area contributed by atoms with Gasteiger partial charge in [-0.25, -0.2) is 14.4 Å². The van der Waals surface area contributed by atoms with Crippen LogP contribution >= 0.6 is 38.9 Å². The van der Waals surface area contributed by atoms with Crippen molar-refractivity contribution in [2.45, 2.75) is 25.3 Å². The van der Waals surface area contributed by atoms with E-state index in [4.69, 9.17) is 11.6 Å². The molecule has 0 saturated carbocycles. The normalized spacial score (nSPS) is 13.0. The monoisotopic (exact) mass is 387 g/mol. The number of alkyl halides is 1. The van der Waals surface area contributed by atoms with E-state index in [1.807, 2.05) is 9.95 Å².